The lowest BCUT2D eigenvalue weighted by molar-refractivity contribution is 0.475. The first-order chi connectivity index (χ1) is 8.72. The Kier molecular flexibility index (Phi) is 3.02. The monoisotopic (exact) mass is 248 g/mol. The fourth-order valence-electron chi connectivity index (χ4n) is 3.27. The van der Waals surface area contributed by atoms with E-state index < -0.39 is 6.67 Å². The van der Waals surface area contributed by atoms with Crippen LogP contribution < -0.4 is 5.32 Å². The molecule has 3 rings (SSSR count). The molecule has 0 aromatic carbocycles. The van der Waals surface area contributed by atoms with Crippen molar-refractivity contribution in [3.8, 4) is 0 Å². The minimum Gasteiger partial charge on any atom is -0.359 e. The van der Waals surface area contributed by atoms with E-state index in [2.05, 4.69) is 30.2 Å². The van der Waals surface area contributed by atoms with Crippen LogP contribution in [0.15, 0.2) is 5.57 Å². The van der Waals surface area contributed by atoms with Crippen LogP contribution in [-0.4, -0.2) is 11.0 Å². The van der Waals surface area contributed by atoms with Gasteiger partial charge in [-0.15, -0.1) is 0 Å². The number of H-pyrrole nitrogens is 1. The van der Waals surface area contributed by atoms with Crippen LogP contribution in [0.25, 0.3) is 6.08 Å². The molecule has 2 N–H and O–H groups in total. The molecule has 18 heavy (non-hydrogen) atoms. The zero-order chi connectivity index (χ0) is 12.7. The standard InChI is InChI=1S/C15H21FN2/c1-3-9(2)6-11-14(8-16)18-13-7-10-4-5-12(17-10)15(11)13/h6,10,12,17-18H,3-5,7-8H2,1-2H3/b9-6-. The van der Waals surface area contributed by atoms with Crippen LogP contribution in [0.4, 0.5) is 4.39 Å². The number of allylic oxidation sites excluding steroid dienone is 1. The van der Waals surface area contributed by atoms with Crippen molar-refractivity contribution < 1.29 is 4.39 Å². The number of alkyl halides is 1. The van der Waals surface area contributed by atoms with Gasteiger partial charge in [-0.05, 0) is 31.7 Å². The number of aromatic nitrogens is 1. The number of fused-ring (bicyclic) bond motifs is 4. The summed E-state index contributed by atoms with van der Waals surface area (Å²) in [5, 5.41) is 3.64. The average Bonchev–Trinajstić information content (AvgIpc) is 2.92. The zero-order valence-electron chi connectivity index (χ0n) is 11.1. The second-order valence-corrected chi connectivity index (χ2v) is 5.58. The fraction of sp³-hybridized carbons (Fsp3) is 0.600. The van der Waals surface area contributed by atoms with Gasteiger partial charge in [-0.3, -0.25) is 0 Å². The molecule has 2 unspecified atom stereocenters. The van der Waals surface area contributed by atoms with E-state index in [9.17, 15) is 4.39 Å². The molecule has 0 spiro atoms. The van der Waals surface area contributed by atoms with E-state index in [4.69, 9.17) is 0 Å². The highest BCUT2D eigenvalue weighted by Crippen LogP contribution is 2.40. The van der Waals surface area contributed by atoms with E-state index in [1.54, 1.807) is 0 Å². The van der Waals surface area contributed by atoms with Crippen LogP contribution in [-0.2, 0) is 13.1 Å². The molecule has 2 aliphatic rings. The van der Waals surface area contributed by atoms with Gasteiger partial charge in [0.15, 0.2) is 0 Å². The van der Waals surface area contributed by atoms with Crippen molar-refractivity contribution in [1.29, 1.82) is 0 Å². The van der Waals surface area contributed by atoms with Gasteiger partial charge in [-0.1, -0.05) is 18.6 Å². The Balaban J connectivity index is 2.09. The van der Waals surface area contributed by atoms with Gasteiger partial charge in [0.25, 0.3) is 0 Å². The lowest BCUT2D eigenvalue weighted by atomic mass is 9.96. The van der Waals surface area contributed by atoms with Crippen molar-refractivity contribution in [3.05, 3.63) is 28.1 Å². The number of nitrogens with one attached hydrogen (secondary N) is 2. The molecule has 2 aliphatic heterocycles. The summed E-state index contributed by atoms with van der Waals surface area (Å²) in [7, 11) is 0. The van der Waals surface area contributed by atoms with Crippen molar-refractivity contribution >= 4 is 6.08 Å². The maximum atomic E-state index is 13.2. The molecule has 98 valence electrons. The summed E-state index contributed by atoms with van der Waals surface area (Å²) in [6, 6.07) is 1.03. The van der Waals surface area contributed by atoms with Crippen LogP contribution in [0.2, 0.25) is 0 Å². The van der Waals surface area contributed by atoms with Crippen molar-refractivity contribution in [2.75, 3.05) is 0 Å². The number of hydrogen-bond donors (Lipinski definition) is 2. The molecule has 2 nitrogen and oxygen atoms in total. The summed E-state index contributed by atoms with van der Waals surface area (Å²) < 4.78 is 13.2. The van der Waals surface area contributed by atoms with Crippen LogP contribution in [0.3, 0.4) is 0 Å². The van der Waals surface area contributed by atoms with Gasteiger partial charge in [-0.25, -0.2) is 4.39 Å². The number of hydrogen-bond acceptors (Lipinski definition) is 1. The molecule has 0 amide bonds. The largest absolute Gasteiger partial charge is 0.359 e. The van der Waals surface area contributed by atoms with E-state index in [0.717, 1.165) is 24.1 Å². The Morgan fingerprint density at radius 1 is 1.44 bits per heavy atom. The number of rotatable bonds is 3. The molecule has 2 atom stereocenters. The topological polar surface area (TPSA) is 27.8 Å². The lowest BCUT2D eigenvalue weighted by Crippen LogP contribution is -2.31. The summed E-state index contributed by atoms with van der Waals surface area (Å²) in [5.41, 5.74) is 5.80. The molecule has 1 fully saturated rings. The Morgan fingerprint density at radius 3 is 3.00 bits per heavy atom. The molecule has 0 aliphatic carbocycles. The van der Waals surface area contributed by atoms with Crippen molar-refractivity contribution in [3.63, 3.8) is 0 Å². The van der Waals surface area contributed by atoms with E-state index in [1.165, 1.54) is 29.7 Å². The minimum atomic E-state index is -0.396. The van der Waals surface area contributed by atoms with Gasteiger partial charge in [0.05, 0.1) is 5.69 Å². The first-order valence-electron chi connectivity index (χ1n) is 6.95. The molecule has 1 aromatic heterocycles. The number of halogens is 1. The molecular formula is C15H21FN2. The van der Waals surface area contributed by atoms with Gasteiger partial charge in [0, 0.05) is 29.8 Å². The molecule has 1 saturated heterocycles. The molecule has 0 saturated carbocycles. The third kappa shape index (κ3) is 1.81. The third-order valence-corrected chi connectivity index (χ3v) is 4.36. The Bertz CT molecular complexity index is 487. The second-order valence-electron chi connectivity index (χ2n) is 5.58. The fourth-order valence-corrected chi connectivity index (χ4v) is 3.27. The Labute approximate surface area is 108 Å². The maximum absolute atomic E-state index is 13.2. The smallest absolute Gasteiger partial charge is 0.130 e. The van der Waals surface area contributed by atoms with E-state index in [0.29, 0.717) is 12.1 Å². The maximum Gasteiger partial charge on any atom is 0.130 e. The Hall–Kier alpha value is -1.09. The van der Waals surface area contributed by atoms with Crippen LogP contribution in [0.5, 0.6) is 0 Å². The Morgan fingerprint density at radius 2 is 2.28 bits per heavy atom. The molecule has 0 radical (unpaired) electrons. The van der Waals surface area contributed by atoms with Crippen molar-refractivity contribution in [2.45, 2.75) is 58.3 Å². The minimum absolute atomic E-state index is 0.396. The second kappa shape index (κ2) is 4.54. The molecule has 2 bridgehead atoms. The summed E-state index contributed by atoms with van der Waals surface area (Å²) in [5.74, 6) is 0. The summed E-state index contributed by atoms with van der Waals surface area (Å²) in [4.78, 5) is 3.32. The van der Waals surface area contributed by atoms with Crippen molar-refractivity contribution in [2.24, 2.45) is 0 Å². The SMILES string of the molecule is CC/C(C)=C\c1c(CF)[nH]c2c1C1CCC(C2)N1. The van der Waals surface area contributed by atoms with Gasteiger partial charge in [0.2, 0.25) is 0 Å². The molecule has 3 heteroatoms. The van der Waals surface area contributed by atoms with Crippen molar-refractivity contribution in [1.82, 2.24) is 10.3 Å². The van der Waals surface area contributed by atoms with E-state index in [-0.39, 0.29) is 0 Å². The predicted octanol–water partition coefficient (Wildman–Crippen LogP) is 3.65. The highest BCUT2D eigenvalue weighted by molar-refractivity contribution is 5.62. The highest BCUT2D eigenvalue weighted by atomic mass is 19.1. The summed E-state index contributed by atoms with van der Waals surface area (Å²) in [6.45, 7) is 3.87. The summed E-state index contributed by atoms with van der Waals surface area (Å²) >= 11 is 0. The van der Waals surface area contributed by atoms with Gasteiger partial charge >= 0.3 is 0 Å². The van der Waals surface area contributed by atoms with Crippen LogP contribution >= 0.6 is 0 Å². The van der Waals surface area contributed by atoms with Crippen LogP contribution in [0.1, 0.15) is 61.7 Å². The molecular weight excluding hydrogens is 227 g/mol. The first kappa shape index (κ1) is 12.0. The predicted molar refractivity (Wildman–Crippen MR) is 72.1 cm³/mol. The van der Waals surface area contributed by atoms with Crippen LogP contribution in [0, 0.1) is 0 Å². The zero-order valence-corrected chi connectivity index (χ0v) is 11.1. The molecule has 1 aromatic rings. The number of aromatic amines is 1. The van der Waals surface area contributed by atoms with Gasteiger partial charge in [0.1, 0.15) is 6.67 Å². The highest BCUT2D eigenvalue weighted by Gasteiger charge is 2.35. The third-order valence-electron chi connectivity index (χ3n) is 4.36. The van der Waals surface area contributed by atoms with Gasteiger partial charge < -0.3 is 10.3 Å². The van der Waals surface area contributed by atoms with E-state index in [1.807, 2.05) is 0 Å². The lowest BCUT2D eigenvalue weighted by Gasteiger charge is -2.22. The molecule has 3 heterocycles. The van der Waals surface area contributed by atoms with E-state index >= 15 is 0 Å². The summed E-state index contributed by atoms with van der Waals surface area (Å²) in [6.07, 6.45) is 6.65. The normalized spacial score (nSPS) is 26.5. The van der Waals surface area contributed by atoms with Gasteiger partial charge in [-0.2, -0.15) is 0 Å². The average molecular weight is 248 g/mol. The quantitative estimate of drug-likeness (QED) is 0.839. The first-order valence-corrected chi connectivity index (χ1v) is 6.95.